The molecule has 2 fully saturated rings. The Morgan fingerprint density at radius 1 is 1.23 bits per heavy atom. The van der Waals surface area contributed by atoms with E-state index in [2.05, 4.69) is 4.98 Å². The zero-order valence-electron chi connectivity index (χ0n) is 13.5. The monoisotopic (exact) mass is 304 g/mol. The summed E-state index contributed by atoms with van der Waals surface area (Å²) in [5.74, 6) is 1.99. The van der Waals surface area contributed by atoms with E-state index >= 15 is 0 Å². The number of hydroxylamine groups is 2. The highest BCUT2D eigenvalue weighted by molar-refractivity contribution is 5.93. The van der Waals surface area contributed by atoms with E-state index in [-0.39, 0.29) is 12.0 Å². The van der Waals surface area contributed by atoms with Crippen molar-refractivity contribution in [3.8, 4) is 5.88 Å². The van der Waals surface area contributed by atoms with Crippen LogP contribution >= 0.6 is 0 Å². The summed E-state index contributed by atoms with van der Waals surface area (Å²) in [5, 5.41) is 1.21. The van der Waals surface area contributed by atoms with Crippen LogP contribution in [0, 0.1) is 18.8 Å². The number of aryl methyl sites for hydroxylation is 1. The third-order valence-corrected chi connectivity index (χ3v) is 4.87. The van der Waals surface area contributed by atoms with Crippen LogP contribution in [-0.2, 0) is 4.84 Å². The van der Waals surface area contributed by atoms with Gasteiger partial charge in [0.2, 0.25) is 5.88 Å². The first kappa shape index (κ1) is 15.3. The summed E-state index contributed by atoms with van der Waals surface area (Å²) in [6.07, 6.45) is 6.52. The summed E-state index contributed by atoms with van der Waals surface area (Å²) in [6.45, 7) is 1.88. The summed E-state index contributed by atoms with van der Waals surface area (Å²) < 4.78 is 6.10. The largest absolute Gasteiger partial charge is 0.474 e. The molecule has 1 aromatic rings. The van der Waals surface area contributed by atoms with Gasteiger partial charge < -0.3 is 4.74 Å². The van der Waals surface area contributed by atoms with Gasteiger partial charge in [-0.2, -0.15) is 0 Å². The highest BCUT2D eigenvalue weighted by atomic mass is 16.7. The molecule has 1 amide bonds. The summed E-state index contributed by atoms with van der Waals surface area (Å²) in [4.78, 5) is 21.6. The molecule has 2 bridgehead atoms. The van der Waals surface area contributed by atoms with Gasteiger partial charge in [0.15, 0.2) is 0 Å². The predicted molar refractivity (Wildman–Crippen MR) is 82.6 cm³/mol. The van der Waals surface area contributed by atoms with Gasteiger partial charge in [-0.05, 0) is 44.1 Å². The minimum atomic E-state index is -0.193. The molecule has 1 unspecified atom stereocenters. The van der Waals surface area contributed by atoms with E-state index in [1.165, 1.54) is 31.4 Å². The van der Waals surface area contributed by atoms with Crippen LogP contribution in [0.15, 0.2) is 12.1 Å². The number of amides is 1. The van der Waals surface area contributed by atoms with Crippen molar-refractivity contribution >= 4 is 5.91 Å². The number of carbonyl (C=O) groups excluding carboxylic acids is 1. The van der Waals surface area contributed by atoms with Crippen LogP contribution in [0.1, 0.15) is 48.2 Å². The molecule has 22 heavy (non-hydrogen) atoms. The molecule has 0 spiro atoms. The lowest BCUT2D eigenvalue weighted by molar-refractivity contribution is -0.0757. The zero-order chi connectivity index (χ0) is 15.7. The molecule has 0 aliphatic heterocycles. The first-order valence-electron chi connectivity index (χ1n) is 8.02. The molecule has 0 radical (unpaired) electrons. The normalized spacial score (nSPS) is 26.8. The second-order valence-corrected chi connectivity index (χ2v) is 6.58. The number of ether oxygens (including phenoxy) is 1. The Hall–Kier alpha value is -1.62. The van der Waals surface area contributed by atoms with E-state index in [9.17, 15) is 4.79 Å². The molecule has 0 aromatic carbocycles. The lowest BCUT2D eigenvalue weighted by Gasteiger charge is -2.28. The maximum Gasteiger partial charge on any atom is 0.277 e. The second kappa shape index (κ2) is 6.24. The van der Waals surface area contributed by atoms with Gasteiger partial charge in [-0.1, -0.05) is 12.8 Å². The molecule has 1 aromatic heterocycles. The molecule has 1 heterocycles. The van der Waals surface area contributed by atoms with E-state index < -0.39 is 0 Å². The van der Waals surface area contributed by atoms with Crippen LogP contribution < -0.4 is 4.74 Å². The number of rotatable bonds is 4. The van der Waals surface area contributed by atoms with Crippen molar-refractivity contribution < 1.29 is 14.4 Å². The molecule has 0 N–H and O–H groups in total. The Labute approximate surface area is 131 Å². The zero-order valence-corrected chi connectivity index (χ0v) is 13.5. The van der Waals surface area contributed by atoms with Crippen LogP contribution in [0.2, 0.25) is 0 Å². The van der Waals surface area contributed by atoms with Crippen LogP contribution in [-0.4, -0.2) is 36.2 Å². The smallest absolute Gasteiger partial charge is 0.277 e. The fourth-order valence-corrected chi connectivity index (χ4v) is 3.80. The SMILES string of the molecule is CON(C)C(=O)c1cc(C)nc(OC2C[C@H]3CC[C@@H](C2)C3)c1. The lowest BCUT2D eigenvalue weighted by Crippen LogP contribution is -2.27. The third-order valence-electron chi connectivity index (χ3n) is 4.87. The average molecular weight is 304 g/mol. The molecule has 2 aliphatic rings. The summed E-state index contributed by atoms with van der Waals surface area (Å²) >= 11 is 0. The fourth-order valence-electron chi connectivity index (χ4n) is 3.80. The maximum absolute atomic E-state index is 12.2. The third kappa shape index (κ3) is 3.24. The first-order valence-corrected chi connectivity index (χ1v) is 8.02. The van der Waals surface area contributed by atoms with Crippen molar-refractivity contribution in [1.29, 1.82) is 0 Å². The molecule has 2 saturated carbocycles. The Morgan fingerprint density at radius 2 is 1.91 bits per heavy atom. The van der Waals surface area contributed by atoms with Crippen molar-refractivity contribution in [3.05, 3.63) is 23.4 Å². The van der Waals surface area contributed by atoms with Crippen LogP contribution in [0.4, 0.5) is 0 Å². The summed E-state index contributed by atoms with van der Waals surface area (Å²) in [5.41, 5.74) is 1.33. The van der Waals surface area contributed by atoms with Crippen molar-refractivity contribution in [2.45, 2.75) is 45.1 Å². The van der Waals surface area contributed by atoms with Crippen molar-refractivity contribution in [2.75, 3.05) is 14.2 Å². The van der Waals surface area contributed by atoms with Crippen molar-refractivity contribution in [2.24, 2.45) is 11.8 Å². The van der Waals surface area contributed by atoms with E-state index in [1.807, 2.05) is 6.92 Å². The van der Waals surface area contributed by atoms with E-state index in [0.717, 1.165) is 30.4 Å². The maximum atomic E-state index is 12.2. The van der Waals surface area contributed by atoms with Gasteiger partial charge in [0, 0.05) is 24.4 Å². The average Bonchev–Trinajstić information content (AvgIpc) is 2.84. The lowest BCUT2D eigenvalue weighted by atomic mass is 9.87. The van der Waals surface area contributed by atoms with E-state index in [1.54, 1.807) is 19.2 Å². The van der Waals surface area contributed by atoms with Crippen LogP contribution in [0.5, 0.6) is 5.88 Å². The quantitative estimate of drug-likeness (QED) is 0.802. The van der Waals surface area contributed by atoms with Crippen LogP contribution in [0.3, 0.4) is 0 Å². The Balaban J connectivity index is 1.73. The number of carbonyl (C=O) groups is 1. The van der Waals surface area contributed by atoms with Crippen LogP contribution in [0.25, 0.3) is 0 Å². The van der Waals surface area contributed by atoms with E-state index in [0.29, 0.717) is 11.4 Å². The minimum Gasteiger partial charge on any atom is -0.474 e. The standard InChI is InChI=1S/C17H24N2O3/c1-11-6-14(17(20)19(2)21-3)10-16(18-11)22-15-8-12-4-5-13(7-12)9-15/h6,10,12-13,15H,4-5,7-9H2,1-3H3/t12-,13+,15?. The molecular weight excluding hydrogens is 280 g/mol. The first-order chi connectivity index (χ1) is 10.5. The summed E-state index contributed by atoms with van der Waals surface area (Å²) in [6, 6.07) is 3.48. The van der Waals surface area contributed by atoms with Crippen molar-refractivity contribution in [1.82, 2.24) is 10.0 Å². The molecule has 5 heteroatoms. The topological polar surface area (TPSA) is 51.7 Å². The van der Waals surface area contributed by atoms with Gasteiger partial charge in [-0.25, -0.2) is 10.0 Å². The fraction of sp³-hybridized carbons (Fsp3) is 0.647. The van der Waals surface area contributed by atoms with Gasteiger partial charge in [-0.15, -0.1) is 0 Å². The van der Waals surface area contributed by atoms with Gasteiger partial charge in [-0.3, -0.25) is 9.63 Å². The minimum absolute atomic E-state index is 0.193. The number of aromatic nitrogens is 1. The van der Waals surface area contributed by atoms with Gasteiger partial charge in [0.25, 0.3) is 5.91 Å². The molecule has 0 saturated heterocycles. The van der Waals surface area contributed by atoms with Gasteiger partial charge in [0.05, 0.1) is 7.11 Å². The second-order valence-electron chi connectivity index (χ2n) is 6.58. The molecule has 120 valence electrons. The highest BCUT2D eigenvalue weighted by Gasteiger charge is 2.35. The molecule has 3 atom stereocenters. The number of fused-ring (bicyclic) bond motifs is 2. The molecule has 2 aliphatic carbocycles. The molecular formula is C17H24N2O3. The number of nitrogens with zero attached hydrogens (tertiary/aromatic N) is 2. The highest BCUT2D eigenvalue weighted by Crippen LogP contribution is 2.42. The van der Waals surface area contributed by atoms with Gasteiger partial charge in [0.1, 0.15) is 6.10 Å². The van der Waals surface area contributed by atoms with E-state index in [4.69, 9.17) is 9.57 Å². The Morgan fingerprint density at radius 3 is 2.55 bits per heavy atom. The molecule has 5 nitrogen and oxygen atoms in total. The number of hydrogen-bond acceptors (Lipinski definition) is 4. The Bertz CT molecular complexity index is 549. The predicted octanol–water partition coefficient (Wildman–Crippen LogP) is 2.98. The van der Waals surface area contributed by atoms with Crippen molar-refractivity contribution in [3.63, 3.8) is 0 Å². The Kier molecular flexibility index (Phi) is 4.34. The van der Waals surface area contributed by atoms with Gasteiger partial charge >= 0.3 is 0 Å². The molecule has 3 rings (SSSR count). The number of hydrogen-bond donors (Lipinski definition) is 0. The summed E-state index contributed by atoms with van der Waals surface area (Å²) in [7, 11) is 3.07. The number of pyridine rings is 1.